The zero-order valence-electron chi connectivity index (χ0n) is 14.3. The number of fused-ring (bicyclic) bond motifs is 3. The first-order valence-corrected chi connectivity index (χ1v) is 8.27. The van der Waals surface area contributed by atoms with Gasteiger partial charge in [-0.05, 0) is 17.7 Å². The molecule has 5 rings (SSSR count). The van der Waals surface area contributed by atoms with Crippen LogP contribution in [0.2, 0.25) is 0 Å². The van der Waals surface area contributed by atoms with E-state index < -0.39 is 34.5 Å². The first-order chi connectivity index (χ1) is 13.0. The van der Waals surface area contributed by atoms with E-state index in [4.69, 9.17) is 19.3 Å². The molecule has 2 bridgehead atoms. The minimum Gasteiger partial charge on any atom is -0.467 e. The third-order valence-electron chi connectivity index (χ3n) is 5.45. The molecule has 3 aliphatic rings. The van der Waals surface area contributed by atoms with Crippen LogP contribution in [0.15, 0.2) is 53.1 Å². The summed E-state index contributed by atoms with van der Waals surface area (Å²) in [5.74, 6) is -2.60. The lowest BCUT2D eigenvalue weighted by Crippen LogP contribution is -2.70. The van der Waals surface area contributed by atoms with Crippen molar-refractivity contribution in [3.63, 3.8) is 0 Å². The predicted molar refractivity (Wildman–Crippen MR) is 90.6 cm³/mol. The topological polar surface area (TPSA) is 127 Å². The van der Waals surface area contributed by atoms with Gasteiger partial charge >= 0.3 is 0 Å². The maximum absolute atomic E-state index is 10.2. The Bertz CT molecular complexity index is 1010. The fraction of sp³-hybridized carbons (Fsp3) is 0.300. The molecule has 1 aromatic heterocycles. The van der Waals surface area contributed by atoms with Crippen LogP contribution in [0.5, 0.6) is 0 Å². The predicted octanol–water partition coefficient (Wildman–Crippen LogP) is 3.40. The van der Waals surface area contributed by atoms with Gasteiger partial charge in [-0.3, -0.25) is 5.41 Å². The number of rotatable bonds is 2. The van der Waals surface area contributed by atoms with Crippen LogP contribution in [0, 0.1) is 50.2 Å². The molecule has 1 N–H and O–H groups in total. The van der Waals surface area contributed by atoms with E-state index in [1.54, 1.807) is 43.3 Å². The van der Waals surface area contributed by atoms with Crippen molar-refractivity contribution in [2.45, 2.75) is 24.7 Å². The van der Waals surface area contributed by atoms with Gasteiger partial charge in [0.15, 0.2) is 10.8 Å². The fourth-order valence-corrected chi connectivity index (χ4v) is 4.32. The molecule has 3 aliphatic heterocycles. The number of ether oxygens (including phenoxy) is 2. The highest BCUT2D eigenvalue weighted by atomic mass is 16.7. The second kappa shape index (κ2) is 5.45. The highest BCUT2D eigenvalue weighted by Crippen LogP contribution is 2.69. The average Bonchev–Trinajstić information content (AvgIpc) is 3.21. The Kier molecular flexibility index (Phi) is 3.40. The van der Waals surface area contributed by atoms with Crippen LogP contribution in [0.25, 0.3) is 0 Å². The lowest BCUT2D eigenvalue weighted by atomic mass is 9.50. The molecule has 0 radical (unpaired) electrons. The van der Waals surface area contributed by atoms with Gasteiger partial charge in [0.25, 0.3) is 0 Å². The lowest BCUT2D eigenvalue weighted by molar-refractivity contribution is -0.326. The maximum atomic E-state index is 10.2. The van der Waals surface area contributed by atoms with E-state index in [0.29, 0.717) is 5.56 Å². The number of hydrogen-bond acceptors (Lipinski definition) is 7. The Labute approximate surface area is 155 Å². The first kappa shape index (κ1) is 16.8. The molecule has 0 saturated carbocycles. The molecule has 3 fully saturated rings. The Morgan fingerprint density at radius 3 is 2.26 bits per heavy atom. The van der Waals surface area contributed by atoms with Crippen LogP contribution in [-0.2, 0) is 9.47 Å². The molecule has 3 saturated heterocycles. The largest absolute Gasteiger partial charge is 0.467 e. The number of hydrogen-bond donors (Lipinski definition) is 1. The van der Waals surface area contributed by atoms with Crippen molar-refractivity contribution in [2.75, 3.05) is 0 Å². The van der Waals surface area contributed by atoms with Gasteiger partial charge in [-0.2, -0.15) is 15.8 Å². The quantitative estimate of drug-likeness (QED) is 0.876. The van der Waals surface area contributed by atoms with E-state index in [1.807, 2.05) is 12.1 Å². The smallest absolute Gasteiger partial charge is 0.219 e. The van der Waals surface area contributed by atoms with Crippen LogP contribution in [0.3, 0.4) is 0 Å². The van der Waals surface area contributed by atoms with Crippen LogP contribution in [0.1, 0.15) is 30.3 Å². The van der Waals surface area contributed by atoms with Gasteiger partial charge in [0.2, 0.25) is 11.7 Å². The van der Waals surface area contributed by atoms with Crippen molar-refractivity contribution < 1.29 is 13.9 Å². The minimum atomic E-state index is -1.98. The number of nitriles is 3. The molecular weight excluding hydrogens is 344 g/mol. The molecule has 0 spiro atoms. The minimum absolute atomic E-state index is 0.261. The summed E-state index contributed by atoms with van der Waals surface area (Å²) < 4.78 is 17.3. The number of furan rings is 1. The summed E-state index contributed by atoms with van der Waals surface area (Å²) in [6, 6.07) is 18.2. The van der Waals surface area contributed by atoms with Crippen molar-refractivity contribution in [3.8, 4) is 18.2 Å². The lowest BCUT2D eigenvalue weighted by Gasteiger charge is -2.60. The van der Waals surface area contributed by atoms with Crippen molar-refractivity contribution in [1.29, 1.82) is 21.2 Å². The second-order valence-corrected chi connectivity index (χ2v) is 6.76. The maximum Gasteiger partial charge on any atom is 0.219 e. The van der Waals surface area contributed by atoms with E-state index in [-0.39, 0.29) is 5.76 Å². The molecule has 4 heterocycles. The molecule has 27 heavy (non-hydrogen) atoms. The Hall–Kier alpha value is -3.60. The number of nitrogens with one attached hydrogen (secondary N) is 1. The van der Waals surface area contributed by atoms with Gasteiger partial charge < -0.3 is 13.9 Å². The zero-order valence-corrected chi connectivity index (χ0v) is 14.3. The Balaban J connectivity index is 2.06. The highest BCUT2D eigenvalue weighted by molar-refractivity contribution is 5.89. The van der Waals surface area contributed by atoms with E-state index in [2.05, 4.69) is 12.1 Å². The van der Waals surface area contributed by atoms with E-state index in [9.17, 15) is 15.8 Å². The molecule has 7 heteroatoms. The van der Waals surface area contributed by atoms with Gasteiger partial charge in [-0.25, -0.2) is 0 Å². The molecule has 1 aromatic carbocycles. The van der Waals surface area contributed by atoms with Gasteiger partial charge in [0.1, 0.15) is 11.9 Å². The number of nitrogens with zero attached hydrogens (tertiary/aromatic N) is 3. The second-order valence-electron chi connectivity index (χ2n) is 6.76. The summed E-state index contributed by atoms with van der Waals surface area (Å²) in [5, 5.41) is 38.9. The van der Waals surface area contributed by atoms with Crippen LogP contribution < -0.4 is 0 Å². The zero-order chi connectivity index (χ0) is 19.3. The van der Waals surface area contributed by atoms with E-state index >= 15 is 0 Å². The van der Waals surface area contributed by atoms with Gasteiger partial charge in [0, 0.05) is 6.92 Å². The van der Waals surface area contributed by atoms with Crippen LogP contribution in [-0.4, -0.2) is 11.7 Å². The first-order valence-electron chi connectivity index (χ1n) is 8.27. The van der Waals surface area contributed by atoms with Gasteiger partial charge in [-0.1, -0.05) is 30.3 Å². The Morgan fingerprint density at radius 1 is 1.00 bits per heavy atom. The Morgan fingerprint density at radius 2 is 1.70 bits per heavy atom. The average molecular weight is 358 g/mol. The van der Waals surface area contributed by atoms with Crippen molar-refractivity contribution in [2.24, 2.45) is 10.8 Å². The monoisotopic (exact) mass is 358 g/mol. The summed E-state index contributed by atoms with van der Waals surface area (Å²) in [4.78, 5) is 0. The summed E-state index contributed by atoms with van der Waals surface area (Å²) in [6.07, 6.45) is 0.288. The molecule has 0 aliphatic carbocycles. The van der Waals surface area contributed by atoms with Crippen LogP contribution >= 0.6 is 0 Å². The summed E-state index contributed by atoms with van der Waals surface area (Å²) in [5.41, 5.74) is -3.27. The van der Waals surface area contributed by atoms with Crippen molar-refractivity contribution in [3.05, 3.63) is 60.1 Å². The molecule has 0 amide bonds. The standard InChI is InChI=1S/C20H14N4O3/c1-18-15(13-6-3-2-4-7-13)19(10-21,11-22)20(12-23,17(24)27-18)16(26-18)14-8-5-9-25-14/h2-9,15-16,24H,1H3/t15-,16+,18+,20-/m1/s1. The van der Waals surface area contributed by atoms with E-state index in [1.165, 1.54) is 6.26 Å². The summed E-state index contributed by atoms with van der Waals surface area (Å²) in [7, 11) is 0. The molecule has 0 unspecified atom stereocenters. The summed E-state index contributed by atoms with van der Waals surface area (Å²) in [6.45, 7) is 1.58. The van der Waals surface area contributed by atoms with E-state index in [0.717, 1.165) is 0 Å². The number of benzene rings is 1. The van der Waals surface area contributed by atoms with Crippen LogP contribution in [0.4, 0.5) is 0 Å². The van der Waals surface area contributed by atoms with Crippen molar-refractivity contribution >= 4 is 5.90 Å². The van der Waals surface area contributed by atoms with Crippen molar-refractivity contribution in [1.82, 2.24) is 0 Å². The highest BCUT2D eigenvalue weighted by Gasteiger charge is 2.80. The third-order valence-corrected chi connectivity index (χ3v) is 5.45. The van der Waals surface area contributed by atoms with Gasteiger partial charge in [0.05, 0.1) is 30.4 Å². The molecular formula is C20H14N4O3. The summed E-state index contributed by atoms with van der Waals surface area (Å²) >= 11 is 0. The third kappa shape index (κ3) is 1.83. The normalized spacial score (nSPS) is 33.3. The SMILES string of the molecule is C[C@@]12OC(=N)[C@@](C#N)([C@H](c3ccco3)O1)C(C#N)(C#N)[C@@H]2c1ccccc1. The fourth-order valence-electron chi connectivity index (χ4n) is 4.32. The molecule has 132 valence electrons. The van der Waals surface area contributed by atoms with Gasteiger partial charge in [-0.15, -0.1) is 0 Å². The molecule has 7 nitrogen and oxygen atoms in total. The molecule has 2 aromatic rings. The molecule has 4 atom stereocenters.